The molecule has 1 saturated heterocycles. The largest absolute Gasteiger partial charge is 0.370 e. The number of hydrogen-bond donors (Lipinski definition) is 3. The monoisotopic (exact) mass is 502 g/mol. The van der Waals surface area contributed by atoms with Gasteiger partial charge in [0.15, 0.2) is 5.78 Å². The highest BCUT2D eigenvalue weighted by Crippen LogP contribution is 2.27. The first-order valence-corrected chi connectivity index (χ1v) is 15.2. The van der Waals surface area contributed by atoms with Crippen molar-refractivity contribution < 1.29 is 9.59 Å². The fourth-order valence-corrected chi connectivity index (χ4v) is 5.44. The van der Waals surface area contributed by atoms with E-state index in [4.69, 9.17) is 5.73 Å². The Morgan fingerprint density at radius 1 is 0.722 bits per heavy atom. The molecule has 1 aliphatic rings. The molecule has 0 saturated carbocycles. The molecule has 0 radical (unpaired) electrons. The standard InChI is InChI=1S/C30H54N4O2/c31-29(36)21-19-17-15-13-11-9-7-5-3-1-2-4-6-8-10-12-14-16-18-20-28(35)30(22-23-34-30)24-27-25-32-26-33-27/h25-26,34H,1-24H2,(H2,31,36)(H,32,33)/t30-/m0/s1. The number of ketones is 1. The van der Waals surface area contributed by atoms with Crippen molar-refractivity contribution in [3.8, 4) is 0 Å². The number of aromatic nitrogens is 2. The molecule has 0 bridgehead atoms. The predicted molar refractivity (Wildman–Crippen MR) is 149 cm³/mol. The number of Topliss-reactive ketones (excluding diaryl/α,β-unsaturated/α-hetero) is 1. The van der Waals surface area contributed by atoms with Crippen molar-refractivity contribution in [3.63, 3.8) is 0 Å². The summed E-state index contributed by atoms with van der Waals surface area (Å²) in [5.41, 5.74) is 5.80. The van der Waals surface area contributed by atoms with Crippen LogP contribution in [0.5, 0.6) is 0 Å². The normalized spacial score (nSPS) is 17.2. The molecule has 4 N–H and O–H groups in total. The summed E-state index contributed by atoms with van der Waals surface area (Å²) >= 11 is 0. The van der Waals surface area contributed by atoms with E-state index in [1.165, 1.54) is 103 Å². The molecular weight excluding hydrogens is 448 g/mol. The van der Waals surface area contributed by atoms with Crippen molar-refractivity contribution in [3.05, 3.63) is 18.2 Å². The van der Waals surface area contributed by atoms with Crippen molar-refractivity contribution in [1.82, 2.24) is 15.3 Å². The van der Waals surface area contributed by atoms with Crippen LogP contribution in [0, 0.1) is 0 Å². The molecule has 1 fully saturated rings. The average Bonchev–Trinajstić information content (AvgIpc) is 3.35. The van der Waals surface area contributed by atoms with Gasteiger partial charge in [-0.05, 0) is 25.8 Å². The van der Waals surface area contributed by atoms with E-state index >= 15 is 0 Å². The van der Waals surface area contributed by atoms with Crippen LogP contribution in [0.2, 0.25) is 0 Å². The van der Waals surface area contributed by atoms with E-state index in [-0.39, 0.29) is 11.4 Å². The van der Waals surface area contributed by atoms with Gasteiger partial charge in [0.25, 0.3) is 0 Å². The number of amides is 1. The van der Waals surface area contributed by atoms with Crippen LogP contribution in [-0.2, 0) is 16.0 Å². The number of hydrogen-bond acceptors (Lipinski definition) is 4. The molecule has 1 aromatic rings. The number of nitrogens with zero attached hydrogens (tertiary/aromatic N) is 1. The van der Waals surface area contributed by atoms with Crippen LogP contribution < -0.4 is 11.1 Å². The number of imidazole rings is 1. The lowest BCUT2D eigenvalue weighted by molar-refractivity contribution is -0.128. The molecule has 6 nitrogen and oxygen atoms in total. The van der Waals surface area contributed by atoms with E-state index in [1.54, 1.807) is 6.33 Å². The fraction of sp³-hybridized carbons (Fsp3) is 0.833. The van der Waals surface area contributed by atoms with Crippen LogP contribution in [0.4, 0.5) is 0 Å². The zero-order chi connectivity index (χ0) is 25.7. The van der Waals surface area contributed by atoms with Gasteiger partial charge in [-0.1, -0.05) is 109 Å². The number of H-pyrrole nitrogens is 1. The predicted octanol–water partition coefficient (Wildman–Crippen LogP) is 6.93. The van der Waals surface area contributed by atoms with Gasteiger partial charge in [-0.3, -0.25) is 9.59 Å². The highest BCUT2D eigenvalue weighted by atomic mass is 16.1. The molecule has 0 aromatic carbocycles. The lowest BCUT2D eigenvalue weighted by Crippen LogP contribution is -2.63. The maximum atomic E-state index is 12.8. The Hall–Kier alpha value is -1.69. The summed E-state index contributed by atoms with van der Waals surface area (Å²) in [5, 5.41) is 3.40. The van der Waals surface area contributed by atoms with Gasteiger partial charge >= 0.3 is 0 Å². The first-order valence-electron chi connectivity index (χ1n) is 15.2. The van der Waals surface area contributed by atoms with Crippen LogP contribution in [0.3, 0.4) is 0 Å². The Morgan fingerprint density at radius 2 is 1.14 bits per heavy atom. The molecule has 1 amide bonds. The van der Waals surface area contributed by atoms with E-state index in [9.17, 15) is 9.59 Å². The molecule has 2 heterocycles. The maximum absolute atomic E-state index is 12.8. The zero-order valence-corrected chi connectivity index (χ0v) is 23.0. The van der Waals surface area contributed by atoms with Crippen molar-refractivity contribution in [2.24, 2.45) is 5.73 Å². The summed E-state index contributed by atoms with van der Waals surface area (Å²) in [5.74, 6) is 0.217. The average molecular weight is 503 g/mol. The van der Waals surface area contributed by atoms with Gasteiger partial charge < -0.3 is 16.0 Å². The van der Waals surface area contributed by atoms with Gasteiger partial charge in [0.1, 0.15) is 0 Å². The van der Waals surface area contributed by atoms with Crippen molar-refractivity contribution in [1.29, 1.82) is 0 Å². The number of nitrogens with two attached hydrogens (primary N) is 1. The molecule has 36 heavy (non-hydrogen) atoms. The third-order valence-electron chi connectivity index (χ3n) is 7.91. The van der Waals surface area contributed by atoms with Gasteiger partial charge in [0.05, 0.1) is 17.6 Å². The Kier molecular flexibility index (Phi) is 16.5. The van der Waals surface area contributed by atoms with E-state index in [0.29, 0.717) is 18.6 Å². The smallest absolute Gasteiger partial charge is 0.217 e. The van der Waals surface area contributed by atoms with Crippen LogP contribution >= 0.6 is 0 Å². The third kappa shape index (κ3) is 13.6. The number of aromatic amines is 1. The summed E-state index contributed by atoms with van der Waals surface area (Å²) in [6.07, 6.45) is 31.2. The van der Waals surface area contributed by atoms with Crippen LogP contribution in [0.15, 0.2) is 12.5 Å². The SMILES string of the molecule is NC(=O)CCCCCCCCCCCCCCCCCCCCCC(=O)[C@@]1(Cc2c[nH]cn2)CCN1. The second-order valence-electron chi connectivity index (χ2n) is 11.1. The highest BCUT2D eigenvalue weighted by molar-refractivity contribution is 5.89. The summed E-state index contributed by atoms with van der Waals surface area (Å²) in [4.78, 5) is 30.7. The third-order valence-corrected chi connectivity index (χ3v) is 7.91. The molecular formula is C30H54N4O2. The second-order valence-corrected chi connectivity index (χ2v) is 11.1. The molecule has 0 aliphatic carbocycles. The van der Waals surface area contributed by atoms with Gasteiger partial charge in [-0.25, -0.2) is 4.98 Å². The first-order chi connectivity index (χ1) is 17.6. The summed E-state index contributed by atoms with van der Waals surface area (Å²) < 4.78 is 0. The topological polar surface area (TPSA) is 101 Å². The van der Waals surface area contributed by atoms with Crippen molar-refractivity contribution >= 4 is 11.7 Å². The number of primary amides is 1. The molecule has 1 aliphatic heterocycles. The first kappa shape index (κ1) is 30.5. The van der Waals surface area contributed by atoms with E-state index in [2.05, 4.69) is 15.3 Å². The Bertz CT molecular complexity index is 685. The van der Waals surface area contributed by atoms with Crippen molar-refractivity contribution in [2.75, 3.05) is 6.54 Å². The molecule has 1 atom stereocenters. The Morgan fingerprint density at radius 3 is 1.47 bits per heavy atom. The van der Waals surface area contributed by atoms with Crippen LogP contribution in [0.1, 0.15) is 147 Å². The number of carbonyl (C=O) groups is 2. The minimum Gasteiger partial charge on any atom is -0.370 e. The van der Waals surface area contributed by atoms with Gasteiger partial charge in [-0.2, -0.15) is 0 Å². The number of nitrogens with one attached hydrogen (secondary N) is 2. The van der Waals surface area contributed by atoms with Crippen LogP contribution in [0.25, 0.3) is 0 Å². The second kappa shape index (κ2) is 19.4. The Balaban J connectivity index is 1.27. The van der Waals surface area contributed by atoms with E-state index in [0.717, 1.165) is 44.3 Å². The minimum absolute atomic E-state index is 0.163. The molecule has 1 aromatic heterocycles. The van der Waals surface area contributed by atoms with Gasteiger partial charge in [0, 0.05) is 25.5 Å². The molecule has 2 rings (SSSR count). The fourth-order valence-electron chi connectivity index (χ4n) is 5.44. The number of unbranched alkanes of at least 4 members (excludes halogenated alkanes) is 18. The molecule has 0 spiro atoms. The van der Waals surface area contributed by atoms with Gasteiger partial charge in [-0.15, -0.1) is 0 Å². The Labute approximate surface area is 220 Å². The van der Waals surface area contributed by atoms with Gasteiger partial charge in [0.2, 0.25) is 5.91 Å². The zero-order valence-electron chi connectivity index (χ0n) is 23.0. The molecule has 6 heteroatoms. The van der Waals surface area contributed by atoms with Crippen LogP contribution in [-0.4, -0.2) is 33.7 Å². The minimum atomic E-state index is -0.343. The lowest BCUT2D eigenvalue weighted by Gasteiger charge is -2.41. The number of carbonyl (C=O) groups excluding carboxylic acids is 2. The van der Waals surface area contributed by atoms with E-state index < -0.39 is 0 Å². The molecule has 206 valence electrons. The summed E-state index contributed by atoms with van der Waals surface area (Å²) in [6.45, 7) is 0.943. The van der Waals surface area contributed by atoms with E-state index in [1.807, 2.05) is 6.20 Å². The summed E-state index contributed by atoms with van der Waals surface area (Å²) in [7, 11) is 0. The number of rotatable bonds is 25. The summed E-state index contributed by atoms with van der Waals surface area (Å²) in [6, 6.07) is 0. The lowest BCUT2D eigenvalue weighted by atomic mass is 9.78. The maximum Gasteiger partial charge on any atom is 0.217 e. The molecule has 0 unspecified atom stereocenters. The highest BCUT2D eigenvalue weighted by Gasteiger charge is 2.43. The quantitative estimate of drug-likeness (QED) is 0.126. The van der Waals surface area contributed by atoms with Crippen molar-refractivity contribution in [2.45, 2.75) is 153 Å².